The van der Waals surface area contributed by atoms with Crippen LogP contribution in [0.5, 0.6) is 0 Å². The Hall–Kier alpha value is -3.13. The molecule has 2 nitrogen and oxygen atoms in total. The van der Waals surface area contributed by atoms with Crippen molar-refractivity contribution in [2.24, 2.45) is 0 Å². The maximum atomic E-state index is 5.96. The molecule has 0 fully saturated rings. The van der Waals surface area contributed by atoms with Crippen LogP contribution in [0.3, 0.4) is 0 Å². The second-order valence-corrected chi connectivity index (χ2v) is 6.08. The van der Waals surface area contributed by atoms with Crippen molar-refractivity contribution in [3.8, 4) is 33.9 Å². The summed E-state index contributed by atoms with van der Waals surface area (Å²) in [6, 6.07) is 27.5. The molecule has 0 aliphatic carbocycles. The van der Waals surface area contributed by atoms with Crippen molar-refractivity contribution in [2.45, 2.75) is 0 Å². The van der Waals surface area contributed by atoms with Crippen LogP contribution in [0, 0.1) is 0 Å². The van der Waals surface area contributed by atoms with Crippen molar-refractivity contribution in [3.05, 3.63) is 84.9 Å². The molecule has 0 bridgehead atoms. The van der Waals surface area contributed by atoms with Crippen LogP contribution in [0.15, 0.2) is 84.9 Å². The van der Waals surface area contributed by atoms with Crippen LogP contribution >= 0.6 is 0 Å². The van der Waals surface area contributed by atoms with Crippen LogP contribution in [-0.2, 0) is 0 Å². The largest absolute Gasteiger partial charge is 0.228 e. The fourth-order valence-corrected chi connectivity index (χ4v) is 2.90. The molecule has 0 N–H and O–H groups in total. The van der Waals surface area contributed by atoms with Gasteiger partial charge in [-0.2, -0.15) is 0 Å². The Morgan fingerprint density at radius 3 is 1.42 bits per heavy atom. The fraction of sp³-hybridized carbons (Fsp3) is 0. The van der Waals surface area contributed by atoms with Crippen molar-refractivity contribution in [1.82, 2.24) is 9.97 Å². The summed E-state index contributed by atoms with van der Waals surface area (Å²) in [4.78, 5) is 9.52. The van der Waals surface area contributed by atoms with E-state index in [0.717, 1.165) is 28.1 Å². The number of rotatable bonds is 3. The van der Waals surface area contributed by atoms with E-state index in [2.05, 4.69) is 0 Å². The average Bonchev–Trinajstić information content (AvgIpc) is 2.68. The molecule has 0 unspecified atom stereocenters. The lowest BCUT2D eigenvalue weighted by Crippen LogP contribution is -2.14. The van der Waals surface area contributed by atoms with Gasteiger partial charge in [0, 0.05) is 16.7 Å². The Kier molecular flexibility index (Phi) is 4.40. The molecule has 26 heavy (non-hydrogen) atoms. The zero-order valence-corrected chi connectivity index (χ0v) is 14.1. The quantitative estimate of drug-likeness (QED) is 0.540. The molecule has 0 atom stereocenters. The van der Waals surface area contributed by atoms with Gasteiger partial charge in [-0.15, -0.1) is 0 Å². The van der Waals surface area contributed by atoms with Crippen molar-refractivity contribution < 1.29 is 0 Å². The maximum absolute atomic E-state index is 5.96. The van der Waals surface area contributed by atoms with Gasteiger partial charge in [0.05, 0.1) is 11.4 Å². The minimum Gasteiger partial charge on any atom is -0.228 e. The van der Waals surface area contributed by atoms with Crippen LogP contribution in [0.4, 0.5) is 0 Å². The highest BCUT2D eigenvalue weighted by molar-refractivity contribution is 6.38. The highest BCUT2D eigenvalue weighted by Crippen LogP contribution is 2.26. The van der Waals surface area contributed by atoms with E-state index in [-0.39, 0.29) is 0 Å². The number of benzene rings is 3. The molecule has 4 heteroatoms. The van der Waals surface area contributed by atoms with E-state index in [1.165, 1.54) is 0 Å². The summed E-state index contributed by atoms with van der Waals surface area (Å²) >= 11 is 0. The van der Waals surface area contributed by atoms with E-state index in [4.69, 9.17) is 25.7 Å². The van der Waals surface area contributed by atoms with Gasteiger partial charge in [0.25, 0.3) is 0 Å². The van der Waals surface area contributed by atoms with Crippen molar-refractivity contribution in [2.75, 3.05) is 0 Å². The summed E-state index contributed by atoms with van der Waals surface area (Å²) in [5, 5.41) is 0. The lowest BCUT2D eigenvalue weighted by atomic mass is 9.85. The molecular weight excluding hydrogens is 314 g/mol. The van der Waals surface area contributed by atoms with Gasteiger partial charge in [0.15, 0.2) is 5.82 Å². The first kappa shape index (κ1) is 16.3. The summed E-state index contributed by atoms with van der Waals surface area (Å²) in [5.41, 5.74) is 5.77. The molecule has 1 heterocycles. The molecule has 0 spiro atoms. The Morgan fingerprint density at radius 1 is 0.500 bits per heavy atom. The number of hydrogen-bond acceptors (Lipinski definition) is 2. The molecule has 3 aromatic carbocycles. The first-order chi connectivity index (χ1) is 12.7. The summed E-state index contributed by atoms with van der Waals surface area (Å²) in [6.45, 7) is 0. The van der Waals surface area contributed by atoms with Gasteiger partial charge in [-0.25, -0.2) is 9.97 Å². The molecule has 4 radical (unpaired) electrons. The van der Waals surface area contributed by atoms with E-state index in [1.807, 2.05) is 78.9 Å². The lowest BCUT2D eigenvalue weighted by Gasteiger charge is -2.10. The van der Waals surface area contributed by atoms with E-state index >= 15 is 0 Å². The first-order valence-corrected chi connectivity index (χ1v) is 8.35. The zero-order chi connectivity index (χ0) is 17.9. The maximum Gasteiger partial charge on any atom is 0.160 e. The third kappa shape index (κ3) is 3.45. The SMILES string of the molecule is [B]c1cc([B])cc(-c2nc(-c3ccccc3)cc(-c3ccccc3)n2)c1. The standard InChI is InChI=1S/C22H14B2N2/c23-18-11-17(12-19(24)13-18)22-25-20(15-7-3-1-4-8-15)14-21(26-22)16-9-5-2-6-10-16/h1-14H. The van der Waals surface area contributed by atoms with E-state index in [9.17, 15) is 0 Å². The third-order valence-corrected chi connectivity index (χ3v) is 4.10. The minimum absolute atomic E-state index is 0.593. The third-order valence-electron chi connectivity index (χ3n) is 4.10. The van der Waals surface area contributed by atoms with Gasteiger partial charge in [-0.05, 0) is 6.07 Å². The molecule has 4 rings (SSSR count). The Balaban J connectivity index is 1.93. The lowest BCUT2D eigenvalue weighted by molar-refractivity contribution is 1.18. The summed E-state index contributed by atoms with van der Waals surface area (Å²) < 4.78 is 0. The smallest absolute Gasteiger partial charge is 0.160 e. The molecule has 1 aromatic heterocycles. The molecular formula is C22H14B2N2. The van der Waals surface area contributed by atoms with Crippen molar-refractivity contribution >= 4 is 26.6 Å². The zero-order valence-electron chi connectivity index (χ0n) is 14.1. The highest BCUT2D eigenvalue weighted by atomic mass is 14.9. The molecule has 0 saturated heterocycles. The number of aromatic nitrogens is 2. The van der Waals surface area contributed by atoms with Crippen LogP contribution in [0.25, 0.3) is 33.9 Å². The van der Waals surface area contributed by atoms with Crippen LogP contribution in [0.2, 0.25) is 0 Å². The van der Waals surface area contributed by atoms with Gasteiger partial charge in [0.2, 0.25) is 0 Å². The Bertz CT molecular complexity index is 970. The molecule has 0 aliphatic heterocycles. The van der Waals surface area contributed by atoms with Gasteiger partial charge in [-0.1, -0.05) is 89.8 Å². The number of nitrogens with zero attached hydrogens (tertiary/aromatic N) is 2. The predicted octanol–water partition coefficient (Wildman–Crippen LogP) is 3.07. The molecule has 4 aromatic rings. The topological polar surface area (TPSA) is 25.8 Å². The van der Waals surface area contributed by atoms with Crippen LogP contribution in [0.1, 0.15) is 0 Å². The summed E-state index contributed by atoms with van der Waals surface area (Å²) in [7, 11) is 11.9. The second-order valence-electron chi connectivity index (χ2n) is 6.08. The molecule has 0 saturated carbocycles. The van der Waals surface area contributed by atoms with Gasteiger partial charge >= 0.3 is 0 Å². The van der Waals surface area contributed by atoms with Crippen molar-refractivity contribution in [3.63, 3.8) is 0 Å². The highest BCUT2D eigenvalue weighted by Gasteiger charge is 2.10. The molecule has 0 aliphatic rings. The van der Waals surface area contributed by atoms with Crippen LogP contribution < -0.4 is 10.9 Å². The van der Waals surface area contributed by atoms with E-state index in [1.54, 1.807) is 6.07 Å². The first-order valence-electron chi connectivity index (χ1n) is 8.35. The monoisotopic (exact) mass is 328 g/mol. The van der Waals surface area contributed by atoms with Crippen LogP contribution in [-0.4, -0.2) is 25.7 Å². The predicted molar refractivity (Wildman–Crippen MR) is 109 cm³/mol. The Labute approximate surface area is 155 Å². The minimum atomic E-state index is 0.593. The summed E-state index contributed by atoms with van der Waals surface area (Å²) in [5.74, 6) is 0.601. The molecule has 0 amide bonds. The average molecular weight is 328 g/mol. The van der Waals surface area contributed by atoms with E-state index in [0.29, 0.717) is 16.8 Å². The molecule has 118 valence electrons. The van der Waals surface area contributed by atoms with Gasteiger partial charge < -0.3 is 0 Å². The Morgan fingerprint density at radius 2 is 0.962 bits per heavy atom. The fourth-order valence-electron chi connectivity index (χ4n) is 2.90. The van der Waals surface area contributed by atoms with Crippen molar-refractivity contribution in [1.29, 1.82) is 0 Å². The van der Waals surface area contributed by atoms with Gasteiger partial charge in [-0.3, -0.25) is 0 Å². The summed E-state index contributed by atoms with van der Waals surface area (Å²) in [6.07, 6.45) is 0. The second kappa shape index (κ2) is 7.01. The van der Waals surface area contributed by atoms with E-state index < -0.39 is 0 Å². The normalized spacial score (nSPS) is 10.6. The number of hydrogen-bond donors (Lipinski definition) is 0. The van der Waals surface area contributed by atoms with Gasteiger partial charge in [0.1, 0.15) is 15.7 Å².